The van der Waals surface area contributed by atoms with Gasteiger partial charge in [-0.1, -0.05) is 5.21 Å². The molecule has 112 valence electrons. The molecule has 0 radical (unpaired) electrons. The van der Waals surface area contributed by atoms with E-state index in [-0.39, 0.29) is 0 Å². The third-order valence-corrected chi connectivity index (χ3v) is 3.78. The Kier molecular flexibility index (Phi) is 3.68. The SMILES string of the molecule is CCn1nnc2c(N(C)CCC3=NCCN3C)ncnc21. The van der Waals surface area contributed by atoms with Crippen LogP contribution in [0.5, 0.6) is 0 Å². The topological polar surface area (TPSA) is 75.3 Å². The second-order valence-corrected chi connectivity index (χ2v) is 5.17. The van der Waals surface area contributed by atoms with E-state index in [0.717, 1.165) is 55.4 Å². The molecule has 0 fully saturated rings. The van der Waals surface area contributed by atoms with Crippen LogP contribution in [0.1, 0.15) is 13.3 Å². The molecule has 0 saturated carbocycles. The van der Waals surface area contributed by atoms with Gasteiger partial charge in [-0.3, -0.25) is 4.99 Å². The summed E-state index contributed by atoms with van der Waals surface area (Å²) in [6.45, 7) is 5.53. The van der Waals surface area contributed by atoms with Crippen LogP contribution in [0.4, 0.5) is 5.82 Å². The van der Waals surface area contributed by atoms with Gasteiger partial charge in [0.15, 0.2) is 17.0 Å². The Balaban J connectivity index is 1.78. The predicted octanol–water partition coefficient (Wildman–Crippen LogP) is 0.411. The zero-order valence-corrected chi connectivity index (χ0v) is 12.7. The van der Waals surface area contributed by atoms with E-state index in [4.69, 9.17) is 0 Å². The van der Waals surface area contributed by atoms with Gasteiger partial charge in [0.1, 0.15) is 12.2 Å². The fourth-order valence-electron chi connectivity index (χ4n) is 2.49. The van der Waals surface area contributed by atoms with Crippen LogP contribution >= 0.6 is 0 Å². The van der Waals surface area contributed by atoms with Crippen LogP contribution in [0.3, 0.4) is 0 Å². The lowest BCUT2D eigenvalue weighted by atomic mass is 10.3. The molecule has 3 rings (SSSR count). The molecule has 0 unspecified atom stereocenters. The highest BCUT2D eigenvalue weighted by molar-refractivity contribution is 5.85. The third-order valence-electron chi connectivity index (χ3n) is 3.78. The zero-order chi connectivity index (χ0) is 14.8. The van der Waals surface area contributed by atoms with E-state index < -0.39 is 0 Å². The molecule has 0 N–H and O–H groups in total. The van der Waals surface area contributed by atoms with Crippen LogP contribution in [0.25, 0.3) is 11.2 Å². The van der Waals surface area contributed by atoms with Gasteiger partial charge in [0.2, 0.25) is 0 Å². The number of anilines is 1. The van der Waals surface area contributed by atoms with Crippen molar-refractivity contribution in [3.05, 3.63) is 6.33 Å². The third kappa shape index (κ3) is 2.53. The van der Waals surface area contributed by atoms with Gasteiger partial charge in [-0.2, -0.15) is 0 Å². The maximum absolute atomic E-state index is 4.51. The van der Waals surface area contributed by atoms with E-state index in [2.05, 4.69) is 42.1 Å². The van der Waals surface area contributed by atoms with E-state index >= 15 is 0 Å². The van der Waals surface area contributed by atoms with Crippen molar-refractivity contribution in [3.63, 3.8) is 0 Å². The summed E-state index contributed by atoms with van der Waals surface area (Å²) in [5, 5.41) is 8.32. The number of hydrogen-bond donors (Lipinski definition) is 0. The van der Waals surface area contributed by atoms with Crippen molar-refractivity contribution in [2.24, 2.45) is 4.99 Å². The van der Waals surface area contributed by atoms with Gasteiger partial charge in [-0.15, -0.1) is 5.10 Å². The summed E-state index contributed by atoms with van der Waals surface area (Å²) in [7, 11) is 4.10. The number of fused-ring (bicyclic) bond motifs is 1. The Morgan fingerprint density at radius 2 is 2.19 bits per heavy atom. The van der Waals surface area contributed by atoms with Crippen molar-refractivity contribution < 1.29 is 0 Å². The van der Waals surface area contributed by atoms with Crippen molar-refractivity contribution in [2.45, 2.75) is 19.9 Å². The predicted molar refractivity (Wildman–Crippen MR) is 81.6 cm³/mol. The summed E-state index contributed by atoms with van der Waals surface area (Å²) in [5.41, 5.74) is 1.54. The van der Waals surface area contributed by atoms with Crippen LogP contribution in [0.2, 0.25) is 0 Å². The van der Waals surface area contributed by atoms with Crippen molar-refractivity contribution in [3.8, 4) is 0 Å². The van der Waals surface area contributed by atoms with E-state index in [0.29, 0.717) is 0 Å². The molecule has 0 saturated heterocycles. The minimum Gasteiger partial charge on any atom is -0.362 e. The zero-order valence-electron chi connectivity index (χ0n) is 12.7. The molecule has 1 aliphatic rings. The maximum atomic E-state index is 4.51. The number of aliphatic imine (C=N–C) groups is 1. The van der Waals surface area contributed by atoms with Crippen LogP contribution in [0.15, 0.2) is 11.3 Å². The van der Waals surface area contributed by atoms with Crippen LogP contribution in [0, 0.1) is 0 Å². The standard InChI is InChI=1S/C13H20N8/c1-4-21-13-11(17-18-21)12(15-9-16-13)20(3)7-5-10-14-6-8-19(10)2/h9H,4-8H2,1-3H3. The summed E-state index contributed by atoms with van der Waals surface area (Å²) >= 11 is 0. The van der Waals surface area contributed by atoms with E-state index in [9.17, 15) is 0 Å². The fraction of sp³-hybridized carbons (Fsp3) is 0.615. The highest BCUT2D eigenvalue weighted by Gasteiger charge is 2.17. The van der Waals surface area contributed by atoms with Gasteiger partial charge in [0.05, 0.1) is 6.54 Å². The summed E-state index contributed by atoms with van der Waals surface area (Å²) < 4.78 is 1.78. The second-order valence-electron chi connectivity index (χ2n) is 5.17. The van der Waals surface area contributed by atoms with Crippen LogP contribution < -0.4 is 4.90 Å². The Hall–Kier alpha value is -2.25. The number of aryl methyl sites for hydroxylation is 1. The first-order valence-corrected chi connectivity index (χ1v) is 7.20. The molecular weight excluding hydrogens is 268 g/mol. The molecule has 0 aromatic carbocycles. The lowest BCUT2D eigenvalue weighted by Gasteiger charge is -2.20. The molecule has 0 spiro atoms. The van der Waals surface area contributed by atoms with Gasteiger partial charge in [-0.25, -0.2) is 14.6 Å². The van der Waals surface area contributed by atoms with E-state index in [1.54, 1.807) is 11.0 Å². The summed E-state index contributed by atoms with van der Waals surface area (Å²) in [6, 6.07) is 0. The van der Waals surface area contributed by atoms with E-state index in [1.165, 1.54) is 0 Å². The molecule has 2 aromatic heterocycles. The average molecular weight is 288 g/mol. The Bertz CT molecular complexity index is 661. The molecule has 1 aliphatic heterocycles. The first-order valence-electron chi connectivity index (χ1n) is 7.20. The Morgan fingerprint density at radius 1 is 1.33 bits per heavy atom. The molecule has 3 heterocycles. The minimum absolute atomic E-state index is 0.748. The van der Waals surface area contributed by atoms with Crippen molar-refractivity contribution in [1.82, 2.24) is 29.9 Å². The lowest BCUT2D eigenvalue weighted by Crippen LogP contribution is -2.28. The molecular formula is C13H20N8. The Labute approximate surface area is 123 Å². The van der Waals surface area contributed by atoms with Gasteiger partial charge >= 0.3 is 0 Å². The number of amidine groups is 1. The molecule has 0 aliphatic carbocycles. The second kappa shape index (κ2) is 5.63. The lowest BCUT2D eigenvalue weighted by molar-refractivity contribution is 0.544. The van der Waals surface area contributed by atoms with Crippen molar-refractivity contribution in [2.75, 3.05) is 38.6 Å². The van der Waals surface area contributed by atoms with Crippen LogP contribution in [-0.4, -0.2) is 69.4 Å². The monoisotopic (exact) mass is 288 g/mol. The Morgan fingerprint density at radius 3 is 2.90 bits per heavy atom. The largest absolute Gasteiger partial charge is 0.362 e. The normalized spacial score (nSPS) is 14.8. The highest BCUT2D eigenvalue weighted by atomic mass is 15.4. The quantitative estimate of drug-likeness (QED) is 0.793. The molecule has 2 aromatic rings. The number of rotatable bonds is 5. The number of hydrogen-bond acceptors (Lipinski definition) is 7. The van der Waals surface area contributed by atoms with Gasteiger partial charge in [0.25, 0.3) is 0 Å². The first kappa shape index (κ1) is 13.7. The highest BCUT2D eigenvalue weighted by Crippen LogP contribution is 2.19. The first-order chi connectivity index (χ1) is 10.2. The molecule has 21 heavy (non-hydrogen) atoms. The fourth-order valence-corrected chi connectivity index (χ4v) is 2.49. The molecule has 8 heteroatoms. The van der Waals surface area contributed by atoms with Gasteiger partial charge in [0, 0.05) is 40.2 Å². The molecule has 0 amide bonds. The van der Waals surface area contributed by atoms with Gasteiger partial charge in [-0.05, 0) is 6.92 Å². The number of nitrogens with zero attached hydrogens (tertiary/aromatic N) is 8. The number of likely N-dealkylation sites (N-methyl/N-ethyl adjacent to an activating group) is 1. The molecule has 8 nitrogen and oxygen atoms in total. The maximum Gasteiger partial charge on any atom is 0.183 e. The molecule has 0 bridgehead atoms. The summed E-state index contributed by atoms with van der Waals surface area (Å²) in [5.74, 6) is 1.98. The smallest absolute Gasteiger partial charge is 0.183 e. The minimum atomic E-state index is 0.748. The number of aromatic nitrogens is 5. The van der Waals surface area contributed by atoms with Crippen molar-refractivity contribution >= 4 is 22.8 Å². The average Bonchev–Trinajstić information content (AvgIpc) is 3.10. The van der Waals surface area contributed by atoms with Gasteiger partial charge < -0.3 is 9.80 Å². The summed E-state index contributed by atoms with van der Waals surface area (Å²) in [6.07, 6.45) is 2.48. The van der Waals surface area contributed by atoms with Crippen LogP contribution in [-0.2, 0) is 6.54 Å². The summed E-state index contributed by atoms with van der Waals surface area (Å²) in [4.78, 5) is 17.4. The molecule has 0 atom stereocenters. The van der Waals surface area contributed by atoms with E-state index in [1.807, 2.05) is 14.0 Å². The van der Waals surface area contributed by atoms with Crippen molar-refractivity contribution in [1.29, 1.82) is 0 Å².